The van der Waals surface area contributed by atoms with Gasteiger partial charge in [-0.15, -0.1) is 0 Å². The Labute approximate surface area is 81.4 Å². The molecular weight excluding hydrogens is 203 g/mol. The van der Waals surface area contributed by atoms with Crippen LogP contribution < -0.4 is 0 Å². The SMILES string of the molecule is O=C(O)C(Cc1ccccc1)P(=O)=O. The molecule has 0 amide bonds. The predicted octanol–water partition coefficient (Wildman–Crippen LogP) is 1.86. The van der Waals surface area contributed by atoms with E-state index in [0.717, 1.165) is 0 Å². The average Bonchev–Trinajstić information content (AvgIpc) is 2.15. The van der Waals surface area contributed by atoms with Crippen molar-refractivity contribution in [2.75, 3.05) is 0 Å². The van der Waals surface area contributed by atoms with Crippen molar-refractivity contribution in [1.29, 1.82) is 0 Å². The van der Waals surface area contributed by atoms with Crippen LogP contribution in [0.4, 0.5) is 0 Å². The molecule has 1 aromatic rings. The van der Waals surface area contributed by atoms with Crippen molar-refractivity contribution >= 4 is 13.6 Å². The molecule has 0 radical (unpaired) electrons. The summed E-state index contributed by atoms with van der Waals surface area (Å²) in [6.45, 7) is 0. The molecule has 0 aliphatic rings. The lowest BCUT2D eigenvalue weighted by Crippen LogP contribution is -2.17. The third kappa shape index (κ3) is 2.82. The monoisotopic (exact) mass is 212 g/mol. The second-order valence-electron chi connectivity index (χ2n) is 2.83. The number of carbonyl (C=O) groups is 1. The number of hydrogen-bond donors (Lipinski definition) is 1. The summed E-state index contributed by atoms with van der Waals surface area (Å²) in [5, 5.41) is 8.62. The van der Waals surface area contributed by atoms with Crippen LogP contribution in [0.2, 0.25) is 0 Å². The molecule has 5 heteroatoms. The van der Waals surface area contributed by atoms with E-state index in [9.17, 15) is 13.9 Å². The molecule has 0 aliphatic heterocycles. The van der Waals surface area contributed by atoms with Crippen LogP contribution in [0, 0.1) is 0 Å². The summed E-state index contributed by atoms with van der Waals surface area (Å²) in [5.41, 5.74) is -0.619. The van der Waals surface area contributed by atoms with Crippen LogP contribution in [0.5, 0.6) is 0 Å². The fraction of sp³-hybridized carbons (Fsp3) is 0.222. The molecule has 14 heavy (non-hydrogen) atoms. The lowest BCUT2D eigenvalue weighted by atomic mass is 10.1. The molecule has 1 N–H and O–H groups in total. The van der Waals surface area contributed by atoms with Gasteiger partial charge in [-0.2, -0.15) is 0 Å². The summed E-state index contributed by atoms with van der Waals surface area (Å²) >= 11 is 0. The van der Waals surface area contributed by atoms with Gasteiger partial charge < -0.3 is 5.11 Å². The van der Waals surface area contributed by atoms with E-state index < -0.39 is 19.3 Å². The van der Waals surface area contributed by atoms with Gasteiger partial charge in [0.25, 0.3) is 0 Å². The first-order valence-corrected chi connectivity index (χ1v) is 5.26. The maximum atomic E-state index is 10.6. The highest BCUT2D eigenvalue weighted by molar-refractivity contribution is 7.33. The Morgan fingerprint density at radius 2 is 1.86 bits per heavy atom. The van der Waals surface area contributed by atoms with Crippen LogP contribution in [0.1, 0.15) is 5.56 Å². The summed E-state index contributed by atoms with van der Waals surface area (Å²) in [5.74, 6) is -1.30. The summed E-state index contributed by atoms with van der Waals surface area (Å²) in [4.78, 5) is 10.6. The molecule has 74 valence electrons. The zero-order valence-corrected chi connectivity index (χ0v) is 8.18. The molecule has 0 spiro atoms. The van der Waals surface area contributed by atoms with Crippen molar-refractivity contribution in [1.82, 2.24) is 0 Å². The van der Waals surface area contributed by atoms with E-state index in [1.54, 1.807) is 30.3 Å². The number of benzene rings is 1. The Kier molecular flexibility index (Phi) is 3.60. The molecule has 1 aromatic carbocycles. The van der Waals surface area contributed by atoms with Gasteiger partial charge in [-0.3, -0.25) is 4.79 Å². The highest BCUT2D eigenvalue weighted by Gasteiger charge is 2.23. The molecule has 0 aliphatic carbocycles. The molecule has 4 nitrogen and oxygen atoms in total. The number of aliphatic carboxylic acids is 1. The molecule has 0 saturated heterocycles. The van der Waals surface area contributed by atoms with E-state index in [-0.39, 0.29) is 6.42 Å². The van der Waals surface area contributed by atoms with Gasteiger partial charge in [0, 0.05) is 0 Å². The normalized spacial score (nSPS) is 12.0. The number of carboxylic acids is 1. The highest BCUT2D eigenvalue weighted by Crippen LogP contribution is 2.19. The molecule has 0 saturated carbocycles. The maximum Gasteiger partial charge on any atom is 0.330 e. The van der Waals surface area contributed by atoms with Crippen LogP contribution in [0.15, 0.2) is 30.3 Å². The second-order valence-corrected chi connectivity index (χ2v) is 4.02. The van der Waals surface area contributed by atoms with Crippen LogP contribution in [-0.4, -0.2) is 16.7 Å². The maximum absolute atomic E-state index is 10.6. The third-order valence-electron chi connectivity index (χ3n) is 1.81. The van der Waals surface area contributed by atoms with Gasteiger partial charge in [0.1, 0.15) is 0 Å². The molecular formula is C9H9O4P. The Bertz CT molecular complexity index is 375. The first-order valence-electron chi connectivity index (χ1n) is 4.01. The van der Waals surface area contributed by atoms with Crippen molar-refractivity contribution in [3.05, 3.63) is 35.9 Å². The fourth-order valence-corrected chi connectivity index (χ4v) is 1.63. The number of carboxylic acid groups (broad SMARTS) is 1. The predicted molar refractivity (Wildman–Crippen MR) is 49.9 cm³/mol. The van der Waals surface area contributed by atoms with Gasteiger partial charge in [0.15, 0.2) is 5.66 Å². The zero-order valence-electron chi connectivity index (χ0n) is 7.29. The minimum absolute atomic E-state index is 0.0227. The Hall–Kier alpha value is -1.41. The van der Waals surface area contributed by atoms with E-state index in [1.165, 1.54) is 0 Å². The lowest BCUT2D eigenvalue weighted by molar-refractivity contribution is -0.136. The van der Waals surface area contributed by atoms with E-state index in [4.69, 9.17) is 5.11 Å². The molecule has 1 atom stereocenters. The van der Waals surface area contributed by atoms with Gasteiger partial charge in [-0.1, -0.05) is 30.3 Å². The van der Waals surface area contributed by atoms with Gasteiger partial charge >= 0.3 is 13.6 Å². The topological polar surface area (TPSA) is 71.4 Å². The first kappa shape index (κ1) is 10.7. The molecule has 0 aromatic heterocycles. The Morgan fingerprint density at radius 3 is 2.29 bits per heavy atom. The Balaban J connectivity index is 2.80. The van der Waals surface area contributed by atoms with Gasteiger partial charge in [0.05, 0.1) is 0 Å². The summed E-state index contributed by atoms with van der Waals surface area (Å²) < 4.78 is 21.2. The smallest absolute Gasteiger partial charge is 0.330 e. The summed E-state index contributed by atoms with van der Waals surface area (Å²) in [7, 11) is -2.93. The van der Waals surface area contributed by atoms with Gasteiger partial charge in [0.2, 0.25) is 0 Å². The number of hydrogen-bond acceptors (Lipinski definition) is 3. The average molecular weight is 212 g/mol. The minimum atomic E-state index is -2.93. The van der Waals surface area contributed by atoms with E-state index in [0.29, 0.717) is 5.56 Å². The van der Waals surface area contributed by atoms with Crippen LogP contribution in [0.25, 0.3) is 0 Å². The molecule has 1 rings (SSSR count). The fourth-order valence-electron chi connectivity index (χ4n) is 1.09. The van der Waals surface area contributed by atoms with Crippen LogP contribution in [0.3, 0.4) is 0 Å². The van der Waals surface area contributed by atoms with E-state index in [1.807, 2.05) is 0 Å². The summed E-state index contributed by atoms with van der Waals surface area (Å²) in [6, 6.07) is 8.68. The molecule has 1 unspecified atom stereocenters. The van der Waals surface area contributed by atoms with E-state index in [2.05, 4.69) is 0 Å². The second kappa shape index (κ2) is 4.72. The lowest BCUT2D eigenvalue weighted by Gasteiger charge is -2.02. The standard InChI is InChI=1S/C9H9O4P/c10-9(11)8(14(12)13)6-7-4-2-1-3-5-7/h1-5,8H,6H2,(H,10,11). The number of rotatable bonds is 4. The zero-order chi connectivity index (χ0) is 10.6. The van der Waals surface area contributed by atoms with Crippen LogP contribution >= 0.6 is 7.68 Å². The third-order valence-corrected chi connectivity index (χ3v) is 2.72. The van der Waals surface area contributed by atoms with Crippen molar-refractivity contribution in [2.45, 2.75) is 12.1 Å². The first-order chi connectivity index (χ1) is 6.61. The highest BCUT2D eigenvalue weighted by atomic mass is 31.1. The summed E-state index contributed by atoms with van der Waals surface area (Å²) in [6.07, 6.45) is 0.0227. The molecule has 0 heterocycles. The van der Waals surface area contributed by atoms with Gasteiger partial charge in [-0.05, 0) is 12.0 Å². The van der Waals surface area contributed by atoms with Gasteiger partial charge in [-0.25, -0.2) is 9.13 Å². The molecule has 0 bridgehead atoms. The largest absolute Gasteiger partial charge is 0.480 e. The molecule has 0 fully saturated rings. The quantitative estimate of drug-likeness (QED) is 0.773. The van der Waals surface area contributed by atoms with Crippen molar-refractivity contribution in [3.8, 4) is 0 Å². The van der Waals surface area contributed by atoms with Crippen molar-refractivity contribution in [2.24, 2.45) is 0 Å². The van der Waals surface area contributed by atoms with Crippen molar-refractivity contribution < 1.29 is 19.0 Å². The minimum Gasteiger partial charge on any atom is -0.480 e. The van der Waals surface area contributed by atoms with E-state index >= 15 is 0 Å². The van der Waals surface area contributed by atoms with Crippen LogP contribution in [-0.2, 0) is 20.3 Å². The van der Waals surface area contributed by atoms with Crippen molar-refractivity contribution in [3.63, 3.8) is 0 Å². The Morgan fingerprint density at radius 1 is 1.29 bits per heavy atom.